The second-order valence-corrected chi connectivity index (χ2v) is 7.55. The van der Waals surface area contributed by atoms with E-state index in [1.54, 1.807) is 25.6 Å². The Morgan fingerprint density at radius 2 is 2.14 bits per heavy atom. The monoisotopic (exact) mass is 314 g/mol. The number of aromatic nitrogens is 2. The van der Waals surface area contributed by atoms with Crippen molar-refractivity contribution in [3.05, 3.63) is 11.4 Å². The number of aryl methyl sites for hydroxylation is 2. The summed E-state index contributed by atoms with van der Waals surface area (Å²) in [5.74, 6) is 0.539. The van der Waals surface area contributed by atoms with Gasteiger partial charge in [0, 0.05) is 19.6 Å². The minimum absolute atomic E-state index is 0.218. The second kappa shape index (κ2) is 6.46. The average molecular weight is 314 g/mol. The van der Waals surface area contributed by atoms with E-state index in [1.165, 1.54) is 12.8 Å². The molecule has 1 aromatic rings. The fourth-order valence-corrected chi connectivity index (χ4v) is 4.66. The maximum Gasteiger partial charge on any atom is 0.244 e. The highest BCUT2D eigenvalue weighted by atomic mass is 32.2. The van der Waals surface area contributed by atoms with Gasteiger partial charge in [-0.15, -0.1) is 0 Å². The van der Waals surface area contributed by atoms with Crippen molar-refractivity contribution < 1.29 is 8.42 Å². The van der Waals surface area contributed by atoms with E-state index in [-0.39, 0.29) is 6.04 Å². The molecule has 1 saturated heterocycles. The lowest BCUT2D eigenvalue weighted by atomic mass is 9.89. The molecule has 21 heavy (non-hydrogen) atoms. The number of piperidine rings is 1. The van der Waals surface area contributed by atoms with Gasteiger partial charge in [0.1, 0.15) is 4.90 Å². The van der Waals surface area contributed by atoms with Gasteiger partial charge in [-0.25, -0.2) is 13.1 Å². The molecule has 0 radical (unpaired) electrons. The summed E-state index contributed by atoms with van der Waals surface area (Å²) in [5, 5.41) is 7.62. The number of nitrogens with one attached hydrogen (secondary N) is 2. The molecule has 2 N–H and O–H groups in total. The van der Waals surface area contributed by atoms with Gasteiger partial charge in [-0.3, -0.25) is 4.68 Å². The molecule has 120 valence electrons. The SMILES string of the molecule is CCC1CCCNC1CNS(=O)(=O)c1c(C)nn(C)c1C. The van der Waals surface area contributed by atoms with Gasteiger partial charge in [0.05, 0.1) is 11.4 Å². The third kappa shape index (κ3) is 3.46. The number of nitrogens with zero attached hydrogens (tertiary/aromatic N) is 2. The first kappa shape index (κ1) is 16.5. The predicted octanol–water partition coefficient (Wildman–Crippen LogP) is 1.09. The Hall–Kier alpha value is -0.920. The molecule has 2 heterocycles. The van der Waals surface area contributed by atoms with Gasteiger partial charge >= 0.3 is 0 Å². The molecule has 2 atom stereocenters. The fraction of sp³-hybridized carbons (Fsp3) is 0.786. The van der Waals surface area contributed by atoms with Crippen molar-refractivity contribution in [2.45, 2.75) is 51.0 Å². The molecule has 2 unspecified atom stereocenters. The van der Waals surface area contributed by atoms with Gasteiger partial charge in [0.15, 0.2) is 0 Å². The summed E-state index contributed by atoms with van der Waals surface area (Å²) in [5.41, 5.74) is 1.22. The van der Waals surface area contributed by atoms with Crippen LogP contribution in [0.3, 0.4) is 0 Å². The van der Waals surface area contributed by atoms with Crippen LogP contribution in [0.4, 0.5) is 0 Å². The molecule has 0 amide bonds. The van der Waals surface area contributed by atoms with E-state index >= 15 is 0 Å². The molecule has 1 aromatic heterocycles. The van der Waals surface area contributed by atoms with Gasteiger partial charge in [0.25, 0.3) is 0 Å². The lowest BCUT2D eigenvalue weighted by molar-refractivity contribution is 0.273. The summed E-state index contributed by atoms with van der Waals surface area (Å²) >= 11 is 0. The molecular weight excluding hydrogens is 288 g/mol. The molecule has 2 rings (SSSR count). The van der Waals surface area contributed by atoms with Crippen LogP contribution in [0.15, 0.2) is 4.90 Å². The highest BCUT2D eigenvalue weighted by Gasteiger charge is 2.28. The van der Waals surface area contributed by atoms with Gasteiger partial charge in [-0.2, -0.15) is 5.10 Å². The van der Waals surface area contributed by atoms with Gasteiger partial charge < -0.3 is 5.32 Å². The summed E-state index contributed by atoms with van der Waals surface area (Å²) in [6, 6.07) is 0.218. The van der Waals surface area contributed by atoms with Crippen LogP contribution in [0.25, 0.3) is 0 Å². The molecule has 1 aliphatic heterocycles. The van der Waals surface area contributed by atoms with Crippen molar-refractivity contribution in [1.82, 2.24) is 19.8 Å². The topological polar surface area (TPSA) is 76.0 Å². The molecule has 7 heteroatoms. The van der Waals surface area contributed by atoms with E-state index in [2.05, 4.69) is 22.1 Å². The maximum absolute atomic E-state index is 12.5. The van der Waals surface area contributed by atoms with E-state index < -0.39 is 10.0 Å². The van der Waals surface area contributed by atoms with Crippen molar-refractivity contribution in [2.24, 2.45) is 13.0 Å². The van der Waals surface area contributed by atoms with E-state index in [9.17, 15) is 8.42 Å². The Balaban J connectivity index is 2.11. The molecular formula is C14H26N4O2S. The molecule has 0 bridgehead atoms. The Morgan fingerprint density at radius 1 is 1.43 bits per heavy atom. The minimum atomic E-state index is -3.51. The Bertz CT molecular complexity index is 594. The van der Waals surface area contributed by atoms with Crippen LogP contribution in [0.1, 0.15) is 37.6 Å². The first-order valence-electron chi connectivity index (χ1n) is 7.60. The number of sulfonamides is 1. The number of hydrogen-bond donors (Lipinski definition) is 2. The lowest BCUT2D eigenvalue weighted by Crippen LogP contribution is -2.48. The van der Waals surface area contributed by atoms with E-state index in [4.69, 9.17) is 0 Å². The van der Waals surface area contributed by atoms with Crippen LogP contribution in [0.5, 0.6) is 0 Å². The smallest absolute Gasteiger partial charge is 0.244 e. The molecule has 1 fully saturated rings. The summed E-state index contributed by atoms with van der Waals surface area (Å²) in [6.07, 6.45) is 3.41. The molecule has 0 spiro atoms. The number of rotatable bonds is 5. The van der Waals surface area contributed by atoms with Crippen molar-refractivity contribution in [2.75, 3.05) is 13.1 Å². The van der Waals surface area contributed by atoms with Crippen molar-refractivity contribution >= 4 is 10.0 Å². The van der Waals surface area contributed by atoms with Crippen molar-refractivity contribution in [3.63, 3.8) is 0 Å². The van der Waals surface area contributed by atoms with Crippen LogP contribution in [0, 0.1) is 19.8 Å². The standard InChI is InChI=1S/C14H26N4O2S/c1-5-12-7-6-8-15-13(12)9-16-21(19,20)14-10(2)17-18(4)11(14)3/h12-13,15-16H,5-9H2,1-4H3. The zero-order valence-electron chi connectivity index (χ0n) is 13.3. The van der Waals surface area contributed by atoms with Crippen molar-refractivity contribution in [3.8, 4) is 0 Å². The third-order valence-electron chi connectivity index (χ3n) is 4.46. The third-order valence-corrected chi connectivity index (χ3v) is 6.13. The molecule has 0 aromatic carbocycles. The highest BCUT2D eigenvalue weighted by Crippen LogP contribution is 2.21. The van der Waals surface area contributed by atoms with Gasteiger partial charge in [0.2, 0.25) is 10.0 Å². The van der Waals surface area contributed by atoms with Crippen LogP contribution >= 0.6 is 0 Å². The Labute approximate surface area is 127 Å². The fourth-order valence-electron chi connectivity index (χ4n) is 3.16. The normalized spacial score (nSPS) is 23.4. The van der Waals surface area contributed by atoms with Crippen LogP contribution in [0.2, 0.25) is 0 Å². The lowest BCUT2D eigenvalue weighted by Gasteiger charge is -2.32. The van der Waals surface area contributed by atoms with Gasteiger partial charge in [-0.1, -0.05) is 13.3 Å². The molecule has 0 saturated carbocycles. The van der Waals surface area contributed by atoms with E-state index in [0.29, 0.717) is 28.7 Å². The largest absolute Gasteiger partial charge is 0.312 e. The summed E-state index contributed by atoms with van der Waals surface area (Å²) < 4.78 is 29.4. The second-order valence-electron chi connectivity index (χ2n) is 5.85. The first-order valence-corrected chi connectivity index (χ1v) is 9.08. The summed E-state index contributed by atoms with van der Waals surface area (Å²) in [6.45, 7) is 7.08. The molecule has 0 aliphatic carbocycles. The first-order chi connectivity index (χ1) is 9.86. The van der Waals surface area contributed by atoms with E-state index in [0.717, 1.165) is 13.0 Å². The highest BCUT2D eigenvalue weighted by molar-refractivity contribution is 7.89. The molecule has 1 aliphatic rings. The van der Waals surface area contributed by atoms with Crippen LogP contribution < -0.4 is 10.0 Å². The predicted molar refractivity (Wildman–Crippen MR) is 82.7 cm³/mol. The minimum Gasteiger partial charge on any atom is -0.312 e. The maximum atomic E-state index is 12.5. The average Bonchev–Trinajstić information content (AvgIpc) is 2.70. The quantitative estimate of drug-likeness (QED) is 0.853. The number of hydrogen-bond acceptors (Lipinski definition) is 4. The van der Waals surface area contributed by atoms with E-state index in [1.807, 2.05) is 0 Å². The zero-order valence-corrected chi connectivity index (χ0v) is 14.1. The van der Waals surface area contributed by atoms with Gasteiger partial charge in [-0.05, 0) is 39.2 Å². The Morgan fingerprint density at radius 3 is 2.71 bits per heavy atom. The van der Waals surface area contributed by atoms with Crippen LogP contribution in [-0.4, -0.2) is 37.3 Å². The zero-order chi connectivity index (χ0) is 15.6. The Kier molecular flexibility index (Phi) is 5.06. The summed E-state index contributed by atoms with van der Waals surface area (Å²) in [7, 11) is -1.74. The molecule has 6 nitrogen and oxygen atoms in total. The van der Waals surface area contributed by atoms with Crippen molar-refractivity contribution in [1.29, 1.82) is 0 Å². The van der Waals surface area contributed by atoms with Crippen LogP contribution in [-0.2, 0) is 17.1 Å². The summed E-state index contributed by atoms with van der Waals surface area (Å²) in [4.78, 5) is 0.314.